The van der Waals surface area contributed by atoms with Gasteiger partial charge >= 0.3 is 5.37 Å². The second kappa shape index (κ2) is 13.5. The molecule has 0 fully saturated rings. The number of amides is 1. The van der Waals surface area contributed by atoms with Crippen molar-refractivity contribution in [1.82, 2.24) is 24.4 Å². The van der Waals surface area contributed by atoms with E-state index >= 15 is 0 Å². The number of nitrogens with one attached hydrogen (secondary N) is 1. The van der Waals surface area contributed by atoms with Crippen LogP contribution in [0.5, 0.6) is 0 Å². The molecule has 0 aliphatic heterocycles. The van der Waals surface area contributed by atoms with E-state index in [0.717, 1.165) is 44.5 Å². The summed E-state index contributed by atoms with van der Waals surface area (Å²) in [6.07, 6.45) is 6.26. The summed E-state index contributed by atoms with van der Waals surface area (Å²) in [4.78, 5) is 23.1. The van der Waals surface area contributed by atoms with E-state index in [0.29, 0.717) is 28.9 Å². The highest BCUT2D eigenvalue weighted by atomic mass is 79.9. The van der Waals surface area contributed by atoms with Crippen LogP contribution in [0.2, 0.25) is 0 Å². The Morgan fingerprint density at radius 3 is 1.60 bits per heavy atom. The zero-order chi connectivity index (χ0) is 32.3. The molecule has 2 unspecified atom stereocenters. The monoisotopic (exact) mass is 753 g/mol. The van der Waals surface area contributed by atoms with Crippen molar-refractivity contribution in [2.75, 3.05) is 12.5 Å². The highest BCUT2D eigenvalue weighted by Gasteiger charge is 2.35. The molecular weight excluding hydrogens is 724 g/mol. The molecule has 2 atom stereocenters. The summed E-state index contributed by atoms with van der Waals surface area (Å²) in [6, 6.07) is 10.7. The van der Waals surface area contributed by atoms with Crippen LogP contribution in [0.4, 0.5) is 0 Å². The van der Waals surface area contributed by atoms with Crippen LogP contribution in [0.25, 0.3) is 16.2 Å². The van der Waals surface area contributed by atoms with Crippen LogP contribution in [0.3, 0.4) is 0 Å². The summed E-state index contributed by atoms with van der Waals surface area (Å²) in [7, 11) is -7.00. The summed E-state index contributed by atoms with van der Waals surface area (Å²) < 4.78 is 53.1. The number of carbonyl (C=O) groups excluding carboxylic acids is 1. The Bertz CT molecular complexity index is 1930. The summed E-state index contributed by atoms with van der Waals surface area (Å²) in [6.45, 7) is 12.8. The number of aromatic nitrogens is 4. The molecule has 228 valence electrons. The Morgan fingerprint density at radius 1 is 0.814 bits per heavy atom. The third-order valence-electron chi connectivity index (χ3n) is 6.24. The Labute approximate surface area is 268 Å². The van der Waals surface area contributed by atoms with Gasteiger partial charge in [0.1, 0.15) is 11.6 Å². The smallest absolute Gasteiger partial charge is 0.338 e. The maximum Gasteiger partial charge on any atom is 0.395 e. The van der Waals surface area contributed by atoms with Crippen LogP contribution in [0, 0.1) is 34.3 Å². The lowest BCUT2D eigenvalue weighted by atomic mass is 10.1. The van der Waals surface area contributed by atoms with E-state index in [-0.39, 0.29) is 0 Å². The van der Waals surface area contributed by atoms with Gasteiger partial charge in [0.05, 0.1) is 28.3 Å². The van der Waals surface area contributed by atoms with Crippen molar-refractivity contribution in [1.29, 1.82) is 0 Å². The topological polar surface area (TPSA) is 137 Å². The molecule has 15 heteroatoms. The summed E-state index contributed by atoms with van der Waals surface area (Å²) >= 11 is 6.70. The highest BCUT2D eigenvalue weighted by Crippen LogP contribution is 2.32. The van der Waals surface area contributed by atoms with E-state index in [1.54, 1.807) is 18.2 Å². The largest absolute Gasteiger partial charge is 0.395 e. The number of benzene rings is 2. The maximum absolute atomic E-state index is 12.0. The molecule has 0 radical (unpaired) electrons. The Hall–Kier alpha value is -3.32. The minimum absolute atomic E-state index is 0.391. The first-order chi connectivity index (χ1) is 20.0. The van der Waals surface area contributed by atoms with Crippen molar-refractivity contribution in [2.24, 2.45) is 0 Å². The molecule has 1 N–H and O–H groups in total. The standard InChI is InChI=1S/C14H16BrN3O3S.C14H15BrN3O2S/c1-9-7-18(10(2)17-9)13-5-4-11(15)6-12(13)14(16-8-19)22(3,20)21;1-9-8-18(10(2)17-9)13-6-5-11(15)7-12(13)14(16-3)21(4,19)20/h4-8,14H,1-3H3,(H,16,19);3,5-8,14H,1-2,4H3/q;+1. The number of nitrogens with zero attached hydrogens (tertiary/aromatic N) is 5. The van der Waals surface area contributed by atoms with Gasteiger partial charge in [0, 0.05) is 39.4 Å². The van der Waals surface area contributed by atoms with Gasteiger partial charge in [0.15, 0.2) is 15.2 Å². The molecule has 1 amide bonds. The van der Waals surface area contributed by atoms with Gasteiger partial charge < -0.3 is 14.5 Å². The molecule has 0 aliphatic carbocycles. The first-order valence-corrected chi connectivity index (χ1v) is 18.1. The van der Waals surface area contributed by atoms with Crippen molar-refractivity contribution in [3.05, 3.63) is 96.7 Å². The molecule has 0 saturated heterocycles. The third kappa shape index (κ3) is 8.20. The molecule has 2 aromatic carbocycles. The van der Waals surface area contributed by atoms with Crippen LogP contribution in [-0.2, 0) is 24.5 Å². The van der Waals surface area contributed by atoms with E-state index in [1.165, 1.54) is 0 Å². The SMILES string of the molecule is C#[N+]C(c1cc(Br)ccc1-n1cc(C)nc1C)S(C)(=O)=O.Cc1cn(-c2ccc(Br)cc2C(NC=O)S(C)(=O)=O)c(C)n1. The van der Waals surface area contributed by atoms with Gasteiger partial charge in [-0.05, 0) is 64.1 Å². The number of halogens is 2. The normalized spacial score (nSPS) is 12.9. The van der Waals surface area contributed by atoms with Crippen molar-refractivity contribution >= 4 is 57.9 Å². The van der Waals surface area contributed by atoms with Crippen molar-refractivity contribution < 1.29 is 21.6 Å². The van der Waals surface area contributed by atoms with E-state index in [9.17, 15) is 21.6 Å². The van der Waals surface area contributed by atoms with Gasteiger partial charge in [-0.2, -0.15) is 0 Å². The summed E-state index contributed by atoms with van der Waals surface area (Å²) in [5, 5.41) is 0.136. The summed E-state index contributed by atoms with van der Waals surface area (Å²) in [5.74, 6) is 1.50. The Balaban J connectivity index is 0.000000236. The van der Waals surface area contributed by atoms with Gasteiger partial charge in [-0.15, -0.1) is 0 Å². The second-order valence-electron chi connectivity index (χ2n) is 9.83. The van der Waals surface area contributed by atoms with Crippen molar-refractivity contribution in [2.45, 2.75) is 38.4 Å². The number of hydrogen-bond donors (Lipinski definition) is 1. The quantitative estimate of drug-likeness (QED) is 0.241. The molecule has 0 bridgehead atoms. The first-order valence-electron chi connectivity index (χ1n) is 12.6. The van der Waals surface area contributed by atoms with E-state index < -0.39 is 30.4 Å². The fourth-order valence-electron chi connectivity index (χ4n) is 4.55. The van der Waals surface area contributed by atoms with Crippen LogP contribution in [-0.4, -0.2) is 54.9 Å². The van der Waals surface area contributed by atoms with Crippen molar-refractivity contribution in [3.8, 4) is 17.9 Å². The molecule has 4 rings (SSSR count). The van der Waals surface area contributed by atoms with Gasteiger partial charge in [-0.3, -0.25) is 4.79 Å². The average Bonchev–Trinajstić information content (AvgIpc) is 3.40. The molecule has 4 aromatic rings. The van der Waals surface area contributed by atoms with Crippen molar-refractivity contribution in [3.63, 3.8) is 0 Å². The number of carbonyl (C=O) groups is 1. The Morgan fingerprint density at radius 2 is 1.26 bits per heavy atom. The van der Waals surface area contributed by atoms with Gasteiger partial charge in [0.25, 0.3) is 6.57 Å². The minimum Gasteiger partial charge on any atom is -0.338 e. The number of aryl methyl sites for hydroxylation is 4. The molecule has 43 heavy (non-hydrogen) atoms. The average molecular weight is 756 g/mol. The van der Waals surface area contributed by atoms with Crippen LogP contribution >= 0.6 is 31.9 Å². The fourth-order valence-corrected chi connectivity index (χ4v) is 7.13. The first kappa shape index (κ1) is 34.2. The van der Waals surface area contributed by atoms with E-state index in [4.69, 9.17) is 6.57 Å². The van der Waals surface area contributed by atoms with Crippen LogP contribution < -0.4 is 5.32 Å². The van der Waals surface area contributed by atoms with Crippen LogP contribution in [0.1, 0.15) is 44.9 Å². The number of sulfone groups is 2. The molecule has 2 heterocycles. The zero-order valence-electron chi connectivity index (χ0n) is 24.3. The lowest BCUT2D eigenvalue weighted by molar-refractivity contribution is -0.109. The van der Waals surface area contributed by atoms with E-state index in [2.05, 4.69) is 52.0 Å². The molecule has 2 aromatic heterocycles. The lowest BCUT2D eigenvalue weighted by Crippen LogP contribution is -2.28. The van der Waals surface area contributed by atoms with Crippen LogP contribution in [0.15, 0.2) is 57.7 Å². The predicted molar refractivity (Wildman–Crippen MR) is 174 cm³/mol. The lowest BCUT2D eigenvalue weighted by Gasteiger charge is -2.19. The van der Waals surface area contributed by atoms with E-state index in [1.807, 2.05) is 67.4 Å². The number of rotatable bonds is 8. The van der Waals surface area contributed by atoms with Gasteiger partial charge in [-0.1, -0.05) is 36.7 Å². The number of hydrogen-bond acceptors (Lipinski definition) is 7. The second-order valence-corrected chi connectivity index (χ2v) is 15.9. The predicted octanol–water partition coefficient (Wildman–Crippen LogP) is 5.30. The van der Waals surface area contributed by atoms with Gasteiger partial charge in [0.2, 0.25) is 16.2 Å². The third-order valence-corrected chi connectivity index (χ3v) is 9.66. The maximum atomic E-state index is 12.0. The molecule has 0 aliphatic rings. The Kier molecular flexibility index (Phi) is 10.8. The zero-order valence-corrected chi connectivity index (χ0v) is 29.1. The fraction of sp³-hybridized carbons (Fsp3) is 0.286. The molecule has 0 saturated carbocycles. The summed E-state index contributed by atoms with van der Waals surface area (Å²) in [5.41, 5.74) is 4.01. The molecule has 0 spiro atoms. The van der Waals surface area contributed by atoms with Gasteiger partial charge in [-0.25, -0.2) is 26.8 Å². The number of imidazole rings is 2. The molecular formula is C28H31Br2N6O5S2+. The highest BCUT2D eigenvalue weighted by molar-refractivity contribution is 9.10. The molecule has 11 nitrogen and oxygen atoms in total. The minimum atomic E-state index is -3.53.